The van der Waals surface area contributed by atoms with Crippen molar-refractivity contribution in [2.45, 2.75) is 26.1 Å². The van der Waals surface area contributed by atoms with Crippen LogP contribution in [0.25, 0.3) is 0 Å². The maximum absolute atomic E-state index is 5.72. The molecular weight excluding hydrogens is 202 g/mol. The third kappa shape index (κ3) is 2.44. The van der Waals surface area contributed by atoms with Crippen LogP contribution in [0.1, 0.15) is 13.8 Å². The first kappa shape index (κ1) is 11.2. The normalized spacial score (nSPS) is 25.6. The number of nitrogens with zero attached hydrogens (tertiary/aromatic N) is 2. The second-order valence-corrected chi connectivity index (χ2v) is 4.34. The fourth-order valence-electron chi connectivity index (χ4n) is 2.13. The van der Waals surface area contributed by atoms with E-state index >= 15 is 0 Å². The summed E-state index contributed by atoms with van der Waals surface area (Å²) >= 11 is 0. The Morgan fingerprint density at radius 3 is 2.62 bits per heavy atom. The van der Waals surface area contributed by atoms with Gasteiger partial charge in [-0.25, -0.2) is 0 Å². The number of hydrogen-bond donors (Lipinski definition) is 1. The number of ether oxygens (including phenoxy) is 1. The molecule has 1 aromatic rings. The number of hydrogen-bond acceptors (Lipinski definition) is 4. The van der Waals surface area contributed by atoms with E-state index in [-0.39, 0.29) is 12.2 Å². The molecule has 1 aliphatic heterocycles. The van der Waals surface area contributed by atoms with Gasteiger partial charge < -0.3 is 15.0 Å². The minimum atomic E-state index is 0.280. The van der Waals surface area contributed by atoms with Crippen molar-refractivity contribution in [2.75, 3.05) is 30.4 Å². The standard InChI is InChI=1S/C12H19N3O/c1-9-7-15(8-10(2)16-9)12-4-11(13-3)5-14-6-12/h4-6,9-10,13H,7-8H2,1-3H3/t9-,10+. The molecule has 4 nitrogen and oxygen atoms in total. The molecule has 1 N–H and O–H groups in total. The first-order chi connectivity index (χ1) is 7.69. The van der Waals surface area contributed by atoms with Crippen molar-refractivity contribution in [3.8, 4) is 0 Å². The molecule has 0 spiro atoms. The van der Waals surface area contributed by atoms with Crippen LogP contribution in [0, 0.1) is 0 Å². The smallest absolute Gasteiger partial charge is 0.0726 e. The monoisotopic (exact) mass is 221 g/mol. The van der Waals surface area contributed by atoms with E-state index in [4.69, 9.17) is 4.74 Å². The average Bonchev–Trinajstić information content (AvgIpc) is 2.28. The molecule has 0 bridgehead atoms. The van der Waals surface area contributed by atoms with Gasteiger partial charge in [0.15, 0.2) is 0 Å². The van der Waals surface area contributed by atoms with Crippen molar-refractivity contribution in [1.29, 1.82) is 0 Å². The van der Waals surface area contributed by atoms with Gasteiger partial charge in [0, 0.05) is 20.1 Å². The lowest BCUT2D eigenvalue weighted by Crippen LogP contribution is -2.45. The molecule has 0 radical (unpaired) electrons. The predicted molar refractivity (Wildman–Crippen MR) is 66.0 cm³/mol. The van der Waals surface area contributed by atoms with Gasteiger partial charge in [-0.2, -0.15) is 0 Å². The Balaban J connectivity index is 2.16. The van der Waals surface area contributed by atoms with Crippen LogP contribution in [0.3, 0.4) is 0 Å². The zero-order valence-corrected chi connectivity index (χ0v) is 10.1. The van der Waals surface area contributed by atoms with Gasteiger partial charge in [-0.3, -0.25) is 4.98 Å². The third-order valence-electron chi connectivity index (χ3n) is 2.80. The summed E-state index contributed by atoms with van der Waals surface area (Å²) in [5.41, 5.74) is 2.21. The molecule has 0 amide bonds. The van der Waals surface area contributed by atoms with Crippen molar-refractivity contribution in [3.05, 3.63) is 18.5 Å². The second-order valence-electron chi connectivity index (χ2n) is 4.34. The van der Waals surface area contributed by atoms with Crippen LogP contribution >= 0.6 is 0 Å². The topological polar surface area (TPSA) is 37.4 Å². The molecule has 1 fully saturated rings. The van der Waals surface area contributed by atoms with Crippen LogP contribution in [0.15, 0.2) is 18.5 Å². The maximum Gasteiger partial charge on any atom is 0.0726 e. The molecule has 4 heteroatoms. The predicted octanol–water partition coefficient (Wildman–Crippen LogP) is 1.74. The van der Waals surface area contributed by atoms with E-state index in [2.05, 4.69) is 35.1 Å². The number of nitrogens with one attached hydrogen (secondary N) is 1. The highest BCUT2D eigenvalue weighted by molar-refractivity contribution is 5.55. The lowest BCUT2D eigenvalue weighted by Gasteiger charge is -2.36. The van der Waals surface area contributed by atoms with Gasteiger partial charge >= 0.3 is 0 Å². The highest BCUT2D eigenvalue weighted by Gasteiger charge is 2.22. The summed E-state index contributed by atoms with van der Waals surface area (Å²) in [5, 5.41) is 3.11. The van der Waals surface area contributed by atoms with Gasteiger partial charge in [0.2, 0.25) is 0 Å². The minimum Gasteiger partial charge on any atom is -0.387 e. The molecule has 88 valence electrons. The van der Waals surface area contributed by atoms with Crippen molar-refractivity contribution in [2.24, 2.45) is 0 Å². The highest BCUT2D eigenvalue weighted by Crippen LogP contribution is 2.21. The summed E-state index contributed by atoms with van der Waals surface area (Å²) in [7, 11) is 1.91. The number of rotatable bonds is 2. The van der Waals surface area contributed by atoms with Crippen LogP contribution < -0.4 is 10.2 Å². The van der Waals surface area contributed by atoms with Crippen LogP contribution in [0.5, 0.6) is 0 Å². The lowest BCUT2D eigenvalue weighted by molar-refractivity contribution is -0.00523. The molecule has 0 saturated carbocycles. The van der Waals surface area contributed by atoms with Crippen molar-refractivity contribution in [3.63, 3.8) is 0 Å². The van der Waals surface area contributed by atoms with Crippen LogP contribution in [-0.2, 0) is 4.74 Å². The summed E-state index contributed by atoms with van der Waals surface area (Å²) in [4.78, 5) is 6.56. The van der Waals surface area contributed by atoms with Gasteiger partial charge in [0.05, 0.1) is 36.0 Å². The highest BCUT2D eigenvalue weighted by atomic mass is 16.5. The van der Waals surface area contributed by atoms with E-state index in [0.717, 1.165) is 24.5 Å². The van der Waals surface area contributed by atoms with Crippen molar-refractivity contribution < 1.29 is 4.74 Å². The van der Waals surface area contributed by atoms with E-state index in [1.54, 1.807) is 0 Å². The quantitative estimate of drug-likeness (QED) is 0.825. The van der Waals surface area contributed by atoms with Gasteiger partial charge in [-0.15, -0.1) is 0 Å². The Labute approximate surface area is 96.6 Å². The molecule has 1 saturated heterocycles. The van der Waals surface area contributed by atoms with E-state index in [1.165, 1.54) is 0 Å². The van der Waals surface area contributed by atoms with Crippen LogP contribution in [0.4, 0.5) is 11.4 Å². The molecule has 1 aromatic heterocycles. The first-order valence-corrected chi connectivity index (χ1v) is 5.72. The van der Waals surface area contributed by atoms with Crippen LogP contribution in [0.2, 0.25) is 0 Å². The summed E-state index contributed by atoms with van der Waals surface area (Å²) in [6.45, 7) is 6.08. The third-order valence-corrected chi connectivity index (χ3v) is 2.80. The molecule has 0 aliphatic carbocycles. The lowest BCUT2D eigenvalue weighted by atomic mass is 10.2. The molecule has 0 unspecified atom stereocenters. The molecule has 1 aliphatic rings. The van der Waals surface area contributed by atoms with E-state index in [0.29, 0.717) is 0 Å². The number of anilines is 2. The summed E-state index contributed by atoms with van der Waals surface area (Å²) < 4.78 is 5.72. The fraction of sp³-hybridized carbons (Fsp3) is 0.583. The summed E-state index contributed by atoms with van der Waals surface area (Å²) in [5.74, 6) is 0. The van der Waals surface area contributed by atoms with Crippen molar-refractivity contribution >= 4 is 11.4 Å². The van der Waals surface area contributed by atoms with E-state index in [9.17, 15) is 0 Å². The average molecular weight is 221 g/mol. The van der Waals surface area contributed by atoms with E-state index in [1.807, 2.05) is 19.4 Å². The zero-order chi connectivity index (χ0) is 11.5. The summed E-state index contributed by atoms with van der Waals surface area (Å²) in [6, 6.07) is 2.12. The molecular formula is C12H19N3O. The molecule has 2 heterocycles. The molecule has 2 atom stereocenters. The number of aromatic nitrogens is 1. The molecule has 0 aromatic carbocycles. The Kier molecular flexibility index (Phi) is 3.29. The first-order valence-electron chi connectivity index (χ1n) is 5.72. The zero-order valence-electron chi connectivity index (χ0n) is 10.1. The van der Waals surface area contributed by atoms with Gasteiger partial charge in [0.25, 0.3) is 0 Å². The summed E-state index contributed by atoms with van der Waals surface area (Å²) in [6.07, 6.45) is 4.30. The maximum atomic E-state index is 5.72. The Morgan fingerprint density at radius 1 is 1.31 bits per heavy atom. The Morgan fingerprint density at radius 2 is 2.00 bits per heavy atom. The van der Waals surface area contributed by atoms with Gasteiger partial charge in [-0.1, -0.05) is 0 Å². The van der Waals surface area contributed by atoms with Gasteiger partial charge in [0.1, 0.15) is 0 Å². The minimum absolute atomic E-state index is 0.280. The van der Waals surface area contributed by atoms with E-state index < -0.39 is 0 Å². The van der Waals surface area contributed by atoms with Gasteiger partial charge in [-0.05, 0) is 19.9 Å². The largest absolute Gasteiger partial charge is 0.387 e. The second kappa shape index (κ2) is 4.70. The van der Waals surface area contributed by atoms with Crippen molar-refractivity contribution in [1.82, 2.24) is 4.98 Å². The Hall–Kier alpha value is -1.29. The molecule has 2 rings (SSSR count). The number of morpholine rings is 1. The van der Waals surface area contributed by atoms with Crippen LogP contribution in [-0.4, -0.2) is 37.3 Å². The number of pyridine rings is 1. The molecule has 16 heavy (non-hydrogen) atoms. The Bertz CT molecular complexity index is 346. The SMILES string of the molecule is CNc1cncc(N2C[C@@H](C)O[C@@H](C)C2)c1. The fourth-order valence-corrected chi connectivity index (χ4v) is 2.13.